The number of nitrogens with one attached hydrogen (secondary N) is 1. The number of anilines is 1. The first-order valence-corrected chi connectivity index (χ1v) is 8.19. The topological polar surface area (TPSA) is 49.4 Å². The van der Waals surface area contributed by atoms with E-state index in [9.17, 15) is 8.42 Å². The summed E-state index contributed by atoms with van der Waals surface area (Å²) in [6.45, 7) is 4.24. The van der Waals surface area contributed by atoms with E-state index in [1.54, 1.807) is 14.0 Å². The maximum atomic E-state index is 12.5. The van der Waals surface area contributed by atoms with Gasteiger partial charge in [-0.05, 0) is 44.4 Å². The van der Waals surface area contributed by atoms with Gasteiger partial charge in [0.25, 0.3) is 0 Å². The van der Waals surface area contributed by atoms with Crippen molar-refractivity contribution in [2.45, 2.75) is 38.0 Å². The molecule has 2 rings (SSSR count). The average Bonchev–Trinajstić information content (AvgIpc) is 3.18. The number of hydrogen-bond acceptors (Lipinski definition) is 3. The van der Waals surface area contributed by atoms with Crippen LogP contribution in [0.4, 0.5) is 5.69 Å². The van der Waals surface area contributed by atoms with Crippen LogP contribution in [0.25, 0.3) is 0 Å². The zero-order valence-corrected chi connectivity index (χ0v) is 12.6. The second-order valence-corrected chi connectivity index (χ2v) is 7.73. The van der Waals surface area contributed by atoms with Crippen molar-refractivity contribution in [1.82, 2.24) is 5.32 Å². The van der Waals surface area contributed by atoms with Crippen molar-refractivity contribution < 1.29 is 8.42 Å². The molecule has 1 aliphatic rings. The number of benzene rings is 1. The van der Waals surface area contributed by atoms with Crippen LogP contribution >= 0.6 is 0 Å². The Morgan fingerprint density at radius 3 is 2.68 bits per heavy atom. The van der Waals surface area contributed by atoms with Crippen LogP contribution in [0.2, 0.25) is 0 Å². The molecule has 5 heteroatoms. The Balaban J connectivity index is 2.08. The van der Waals surface area contributed by atoms with Crippen LogP contribution in [-0.4, -0.2) is 33.3 Å². The molecule has 19 heavy (non-hydrogen) atoms. The maximum absolute atomic E-state index is 12.5. The van der Waals surface area contributed by atoms with Crippen molar-refractivity contribution in [3.63, 3.8) is 0 Å². The number of aryl methyl sites for hydroxylation is 1. The van der Waals surface area contributed by atoms with E-state index in [4.69, 9.17) is 0 Å². The molecule has 0 radical (unpaired) electrons. The molecule has 0 amide bonds. The van der Waals surface area contributed by atoms with Gasteiger partial charge in [-0.2, -0.15) is 0 Å². The summed E-state index contributed by atoms with van der Waals surface area (Å²) >= 11 is 0. The number of hydrogen-bond donors (Lipinski definition) is 1. The average molecular weight is 282 g/mol. The molecule has 0 heterocycles. The molecular formula is C14H22N2O2S. The fraction of sp³-hybridized carbons (Fsp3) is 0.571. The Hall–Kier alpha value is -1.07. The van der Waals surface area contributed by atoms with E-state index in [0.717, 1.165) is 11.3 Å². The summed E-state index contributed by atoms with van der Waals surface area (Å²) in [6.07, 6.45) is 2.33. The minimum absolute atomic E-state index is 0.418. The first-order chi connectivity index (χ1) is 8.91. The molecule has 0 spiro atoms. The van der Waals surface area contributed by atoms with Crippen molar-refractivity contribution in [2.24, 2.45) is 0 Å². The van der Waals surface area contributed by atoms with E-state index < -0.39 is 15.3 Å². The van der Waals surface area contributed by atoms with Gasteiger partial charge in [0.1, 0.15) is 0 Å². The van der Waals surface area contributed by atoms with Gasteiger partial charge in [-0.25, -0.2) is 8.42 Å². The van der Waals surface area contributed by atoms with Crippen LogP contribution in [0.5, 0.6) is 0 Å². The van der Waals surface area contributed by atoms with Gasteiger partial charge in [-0.15, -0.1) is 0 Å². The highest BCUT2D eigenvalue weighted by Crippen LogP contribution is 2.22. The SMILES string of the molecule is Cc1cccc(N(C)S(=O)(=O)C(C)CNC2CC2)c1. The van der Waals surface area contributed by atoms with Gasteiger partial charge in [0, 0.05) is 19.6 Å². The molecule has 1 aromatic carbocycles. The minimum atomic E-state index is -3.31. The van der Waals surface area contributed by atoms with Crippen molar-refractivity contribution >= 4 is 15.7 Å². The van der Waals surface area contributed by atoms with E-state index in [1.165, 1.54) is 17.1 Å². The predicted octanol–water partition coefficient (Wildman–Crippen LogP) is 1.90. The van der Waals surface area contributed by atoms with Crippen LogP contribution < -0.4 is 9.62 Å². The predicted molar refractivity (Wildman–Crippen MR) is 79.0 cm³/mol. The van der Waals surface area contributed by atoms with Crippen molar-refractivity contribution in [3.8, 4) is 0 Å². The summed E-state index contributed by atoms with van der Waals surface area (Å²) in [5, 5.41) is 2.86. The number of rotatable bonds is 6. The van der Waals surface area contributed by atoms with Gasteiger partial charge in [-0.1, -0.05) is 12.1 Å². The fourth-order valence-electron chi connectivity index (χ4n) is 1.97. The molecule has 0 bridgehead atoms. The highest BCUT2D eigenvalue weighted by molar-refractivity contribution is 7.93. The van der Waals surface area contributed by atoms with Gasteiger partial charge in [0.05, 0.1) is 10.9 Å². The molecule has 1 unspecified atom stereocenters. The van der Waals surface area contributed by atoms with Gasteiger partial charge in [-0.3, -0.25) is 4.31 Å². The first kappa shape index (κ1) is 14.3. The van der Waals surface area contributed by atoms with Crippen LogP contribution in [0.1, 0.15) is 25.3 Å². The van der Waals surface area contributed by atoms with Gasteiger partial charge < -0.3 is 5.32 Å². The molecule has 1 aromatic rings. The maximum Gasteiger partial charge on any atom is 0.238 e. The quantitative estimate of drug-likeness (QED) is 0.867. The molecule has 4 nitrogen and oxygen atoms in total. The number of nitrogens with zero attached hydrogens (tertiary/aromatic N) is 1. The Morgan fingerprint density at radius 2 is 2.11 bits per heavy atom. The Labute approximate surface area is 115 Å². The van der Waals surface area contributed by atoms with E-state index in [0.29, 0.717) is 12.6 Å². The molecule has 106 valence electrons. The lowest BCUT2D eigenvalue weighted by Gasteiger charge is -2.24. The lowest BCUT2D eigenvalue weighted by atomic mass is 10.2. The van der Waals surface area contributed by atoms with Crippen molar-refractivity contribution in [3.05, 3.63) is 29.8 Å². The van der Waals surface area contributed by atoms with Crippen LogP contribution in [-0.2, 0) is 10.0 Å². The van der Waals surface area contributed by atoms with Crippen molar-refractivity contribution in [2.75, 3.05) is 17.9 Å². The van der Waals surface area contributed by atoms with Gasteiger partial charge >= 0.3 is 0 Å². The highest BCUT2D eigenvalue weighted by Gasteiger charge is 2.28. The summed E-state index contributed by atoms with van der Waals surface area (Å²) in [6, 6.07) is 8.08. The molecule has 1 N–H and O–H groups in total. The largest absolute Gasteiger partial charge is 0.313 e. The Morgan fingerprint density at radius 1 is 1.42 bits per heavy atom. The molecule has 0 saturated heterocycles. The molecular weight excluding hydrogens is 260 g/mol. The first-order valence-electron chi connectivity index (χ1n) is 6.69. The second-order valence-electron chi connectivity index (χ2n) is 5.34. The van der Waals surface area contributed by atoms with Crippen LogP contribution in [0, 0.1) is 6.92 Å². The van der Waals surface area contributed by atoms with Gasteiger partial charge in [0.15, 0.2) is 0 Å². The summed E-state index contributed by atoms with van der Waals surface area (Å²) in [7, 11) is -1.68. The van der Waals surface area contributed by atoms with E-state index >= 15 is 0 Å². The summed E-state index contributed by atoms with van der Waals surface area (Å²) in [4.78, 5) is 0. The summed E-state index contributed by atoms with van der Waals surface area (Å²) in [5.41, 5.74) is 1.78. The van der Waals surface area contributed by atoms with E-state index in [-0.39, 0.29) is 0 Å². The monoisotopic (exact) mass is 282 g/mol. The number of sulfonamides is 1. The third kappa shape index (κ3) is 3.48. The van der Waals surface area contributed by atoms with E-state index in [2.05, 4.69) is 5.32 Å². The lowest BCUT2D eigenvalue weighted by Crippen LogP contribution is -2.40. The zero-order valence-electron chi connectivity index (χ0n) is 11.8. The zero-order chi connectivity index (χ0) is 14.0. The Bertz CT molecular complexity index is 538. The van der Waals surface area contributed by atoms with Crippen LogP contribution in [0.15, 0.2) is 24.3 Å². The molecule has 0 aromatic heterocycles. The van der Waals surface area contributed by atoms with Crippen molar-refractivity contribution in [1.29, 1.82) is 0 Å². The molecule has 1 atom stereocenters. The molecule has 0 aliphatic heterocycles. The van der Waals surface area contributed by atoms with E-state index in [1.807, 2.05) is 31.2 Å². The smallest absolute Gasteiger partial charge is 0.238 e. The standard InChI is InChI=1S/C14H22N2O2S/c1-11-5-4-6-14(9-11)16(3)19(17,18)12(2)10-15-13-7-8-13/h4-6,9,12-13,15H,7-8,10H2,1-3H3. The molecule has 1 aliphatic carbocycles. The third-order valence-electron chi connectivity index (χ3n) is 3.53. The molecule has 1 saturated carbocycles. The van der Waals surface area contributed by atoms with Crippen LogP contribution in [0.3, 0.4) is 0 Å². The minimum Gasteiger partial charge on any atom is -0.313 e. The fourth-order valence-corrected chi connectivity index (χ4v) is 3.22. The highest BCUT2D eigenvalue weighted by atomic mass is 32.2. The lowest BCUT2D eigenvalue weighted by molar-refractivity contribution is 0.569. The molecule has 1 fully saturated rings. The van der Waals surface area contributed by atoms with Gasteiger partial charge in [0.2, 0.25) is 10.0 Å². The second kappa shape index (κ2) is 5.51. The summed E-state index contributed by atoms with van der Waals surface area (Å²) < 4.78 is 26.3. The Kier molecular flexibility index (Phi) is 4.16. The summed E-state index contributed by atoms with van der Waals surface area (Å²) in [5.74, 6) is 0. The normalized spacial score (nSPS) is 17.2. The third-order valence-corrected chi connectivity index (χ3v) is 5.68.